The molecule has 1 aliphatic heterocycles. The third-order valence-electron chi connectivity index (χ3n) is 3.32. The molecule has 1 unspecified atom stereocenters. The molecule has 1 aromatic rings. The largest absolute Gasteiger partial charge is 0.340 e. The molecule has 2 rings (SSSR count). The van der Waals surface area contributed by atoms with Crippen molar-refractivity contribution in [3.63, 3.8) is 0 Å². The van der Waals surface area contributed by atoms with Crippen molar-refractivity contribution in [3.05, 3.63) is 30.3 Å². The molecule has 0 aromatic heterocycles. The minimum absolute atomic E-state index is 0.0421. The highest BCUT2D eigenvalue weighted by Crippen LogP contribution is 2.26. The molecule has 1 amide bonds. The Kier molecular flexibility index (Phi) is 5.73. The van der Waals surface area contributed by atoms with E-state index in [-0.39, 0.29) is 5.25 Å². The number of benzene rings is 1. The lowest BCUT2D eigenvalue weighted by Crippen LogP contribution is -2.39. The maximum Gasteiger partial charge on any atom is 0.236 e. The number of nitrogens with one attached hydrogen (secondary N) is 1. The first-order valence-corrected chi connectivity index (χ1v) is 7.90. The van der Waals surface area contributed by atoms with Crippen LogP contribution in [0.1, 0.15) is 19.8 Å². The lowest BCUT2D eigenvalue weighted by atomic mass is 10.2. The van der Waals surface area contributed by atoms with Gasteiger partial charge in [0.05, 0.1) is 5.25 Å². The topological polar surface area (TPSA) is 32.3 Å². The van der Waals surface area contributed by atoms with Crippen LogP contribution in [0.15, 0.2) is 35.2 Å². The molecule has 0 spiro atoms. The summed E-state index contributed by atoms with van der Waals surface area (Å²) < 4.78 is 0. The van der Waals surface area contributed by atoms with Gasteiger partial charge in [0, 0.05) is 24.5 Å². The molecule has 1 heterocycles. The van der Waals surface area contributed by atoms with Gasteiger partial charge in [-0.25, -0.2) is 0 Å². The zero-order valence-electron chi connectivity index (χ0n) is 11.5. The van der Waals surface area contributed by atoms with Crippen molar-refractivity contribution >= 4 is 17.7 Å². The number of carbonyl (C=O) groups excluding carboxylic acids is 1. The summed E-state index contributed by atoms with van der Waals surface area (Å²) in [7, 11) is 0. The zero-order chi connectivity index (χ0) is 13.5. The Balaban J connectivity index is 1.98. The molecular weight excluding hydrogens is 256 g/mol. The van der Waals surface area contributed by atoms with Gasteiger partial charge in [-0.3, -0.25) is 4.79 Å². The van der Waals surface area contributed by atoms with Gasteiger partial charge < -0.3 is 10.2 Å². The van der Waals surface area contributed by atoms with Crippen molar-refractivity contribution < 1.29 is 4.79 Å². The SMILES string of the molecule is CCC(Sc1ccccc1)C(=O)N1CCCNCC1. The van der Waals surface area contributed by atoms with Gasteiger partial charge in [-0.1, -0.05) is 25.1 Å². The third-order valence-corrected chi connectivity index (χ3v) is 4.68. The Morgan fingerprint density at radius 2 is 2.11 bits per heavy atom. The number of amides is 1. The van der Waals surface area contributed by atoms with Crippen LogP contribution in [0.5, 0.6) is 0 Å². The number of rotatable bonds is 4. The minimum atomic E-state index is 0.0421. The highest BCUT2D eigenvalue weighted by atomic mass is 32.2. The van der Waals surface area contributed by atoms with E-state index in [2.05, 4.69) is 24.4 Å². The monoisotopic (exact) mass is 278 g/mol. The van der Waals surface area contributed by atoms with Crippen LogP contribution in [0.2, 0.25) is 0 Å². The van der Waals surface area contributed by atoms with E-state index < -0.39 is 0 Å². The average molecular weight is 278 g/mol. The summed E-state index contributed by atoms with van der Waals surface area (Å²) in [4.78, 5) is 15.8. The van der Waals surface area contributed by atoms with Gasteiger partial charge in [-0.2, -0.15) is 0 Å². The number of hydrogen-bond donors (Lipinski definition) is 1. The molecule has 1 N–H and O–H groups in total. The van der Waals surface area contributed by atoms with Crippen molar-refractivity contribution in [1.29, 1.82) is 0 Å². The summed E-state index contributed by atoms with van der Waals surface area (Å²) in [6.07, 6.45) is 1.93. The van der Waals surface area contributed by atoms with E-state index in [1.54, 1.807) is 11.8 Å². The van der Waals surface area contributed by atoms with E-state index >= 15 is 0 Å². The van der Waals surface area contributed by atoms with Crippen LogP contribution in [-0.2, 0) is 4.79 Å². The molecule has 104 valence electrons. The van der Waals surface area contributed by atoms with E-state index in [1.165, 1.54) is 4.90 Å². The standard InChI is InChI=1S/C15H22N2OS/c1-2-14(19-13-7-4-3-5-8-13)15(18)17-11-6-9-16-10-12-17/h3-5,7-8,14,16H,2,6,9-12H2,1H3. The Bertz CT molecular complexity index is 388. The normalized spacial score (nSPS) is 17.8. The van der Waals surface area contributed by atoms with Crippen LogP contribution in [0.4, 0.5) is 0 Å². The highest BCUT2D eigenvalue weighted by molar-refractivity contribution is 8.00. The van der Waals surface area contributed by atoms with Crippen LogP contribution in [0.3, 0.4) is 0 Å². The number of thioether (sulfide) groups is 1. The summed E-state index contributed by atoms with van der Waals surface area (Å²) >= 11 is 1.69. The van der Waals surface area contributed by atoms with E-state index in [9.17, 15) is 4.79 Å². The van der Waals surface area contributed by atoms with Crippen LogP contribution in [-0.4, -0.2) is 42.2 Å². The Morgan fingerprint density at radius 3 is 2.84 bits per heavy atom. The molecule has 0 aliphatic carbocycles. The van der Waals surface area contributed by atoms with E-state index in [0.717, 1.165) is 39.0 Å². The molecule has 0 radical (unpaired) electrons. The van der Waals surface area contributed by atoms with Crippen LogP contribution < -0.4 is 5.32 Å². The minimum Gasteiger partial charge on any atom is -0.340 e. The van der Waals surface area contributed by atoms with Crippen molar-refractivity contribution in [2.75, 3.05) is 26.2 Å². The van der Waals surface area contributed by atoms with Gasteiger partial charge in [0.2, 0.25) is 5.91 Å². The zero-order valence-corrected chi connectivity index (χ0v) is 12.3. The molecule has 0 saturated carbocycles. The first-order valence-electron chi connectivity index (χ1n) is 7.02. The average Bonchev–Trinajstić information content (AvgIpc) is 2.74. The fourth-order valence-corrected chi connectivity index (χ4v) is 3.30. The second kappa shape index (κ2) is 7.56. The van der Waals surface area contributed by atoms with Crippen molar-refractivity contribution in [2.45, 2.75) is 29.9 Å². The van der Waals surface area contributed by atoms with E-state index in [0.29, 0.717) is 5.91 Å². The molecule has 1 saturated heterocycles. The molecule has 1 aliphatic rings. The van der Waals surface area contributed by atoms with Crippen molar-refractivity contribution in [2.24, 2.45) is 0 Å². The van der Waals surface area contributed by atoms with E-state index in [1.807, 2.05) is 23.1 Å². The lowest BCUT2D eigenvalue weighted by Gasteiger charge is -2.25. The van der Waals surface area contributed by atoms with E-state index in [4.69, 9.17) is 0 Å². The highest BCUT2D eigenvalue weighted by Gasteiger charge is 2.24. The Morgan fingerprint density at radius 1 is 1.32 bits per heavy atom. The fraction of sp³-hybridized carbons (Fsp3) is 0.533. The van der Waals surface area contributed by atoms with Crippen LogP contribution >= 0.6 is 11.8 Å². The van der Waals surface area contributed by atoms with Gasteiger partial charge >= 0.3 is 0 Å². The summed E-state index contributed by atoms with van der Waals surface area (Å²) in [6, 6.07) is 10.2. The van der Waals surface area contributed by atoms with Gasteiger partial charge in [-0.15, -0.1) is 11.8 Å². The summed E-state index contributed by atoms with van der Waals surface area (Å²) in [5, 5.41) is 3.38. The van der Waals surface area contributed by atoms with Crippen LogP contribution in [0, 0.1) is 0 Å². The molecule has 1 fully saturated rings. The van der Waals surface area contributed by atoms with Crippen LogP contribution in [0.25, 0.3) is 0 Å². The molecule has 19 heavy (non-hydrogen) atoms. The molecule has 3 nitrogen and oxygen atoms in total. The number of carbonyl (C=O) groups is 1. The summed E-state index contributed by atoms with van der Waals surface area (Å²) in [5.41, 5.74) is 0. The second-order valence-corrected chi connectivity index (χ2v) is 6.03. The molecule has 1 atom stereocenters. The molecule has 4 heteroatoms. The third kappa shape index (κ3) is 4.25. The molecule has 0 bridgehead atoms. The number of hydrogen-bond acceptors (Lipinski definition) is 3. The van der Waals surface area contributed by atoms with Gasteiger partial charge in [0.25, 0.3) is 0 Å². The molecule has 1 aromatic carbocycles. The lowest BCUT2D eigenvalue weighted by molar-refractivity contribution is -0.130. The van der Waals surface area contributed by atoms with Crippen molar-refractivity contribution in [3.8, 4) is 0 Å². The van der Waals surface area contributed by atoms with Gasteiger partial charge in [-0.05, 0) is 31.5 Å². The van der Waals surface area contributed by atoms with Gasteiger partial charge in [0.15, 0.2) is 0 Å². The van der Waals surface area contributed by atoms with Gasteiger partial charge in [0.1, 0.15) is 0 Å². The molecular formula is C15H22N2OS. The predicted octanol–water partition coefficient (Wildman–Crippen LogP) is 2.38. The van der Waals surface area contributed by atoms with Crippen molar-refractivity contribution in [1.82, 2.24) is 10.2 Å². The summed E-state index contributed by atoms with van der Waals surface area (Å²) in [6.45, 7) is 5.75. The first-order chi connectivity index (χ1) is 9.31. The maximum atomic E-state index is 12.6. The summed E-state index contributed by atoms with van der Waals surface area (Å²) in [5.74, 6) is 0.292. The smallest absolute Gasteiger partial charge is 0.236 e. The second-order valence-electron chi connectivity index (χ2n) is 4.76. The predicted molar refractivity (Wildman–Crippen MR) is 80.4 cm³/mol. The quantitative estimate of drug-likeness (QED) is 0.858. The first kappa shape index (κ1) is 14.4. The number of nitrogens with zero attached hydrogens (tertiary/aromatic N) is 1. The Labute approximate surface area is 119 Å². The Hall–Kier alpha value is -1.00. The fourth-order valence-electron chi connectivity index (χ4n) is 2.24. The maximum absolute atomic E-state index is 12.6.